The van der Waals surface area contributed by atoms with Crippen molar-refractivity contribution in [3.8, 4) is 5.75 Å². The van der Waals surface area contributed by atoms with Crippen molar-refractivity contribution in [3.63, 3.8) is 0 Å². The van der Waals surface area contributed by atoms with Gasteiger partial charge in [-0.05, 0) is 56.1 Å². The maximum atomic E-state index is 12.3. The van der Waals surface area contributed by atoms with Crippen molar-refractivity contribution in [2.75, 3.05) is 20.2 Å². The molecule has 2 aromatic carbocycles. The van der Waals surface area contributed by atoms with Crippen molar-refractivity contribution in [2.24, 2.45) is 5.14 Å². The van der Waals surface area contributed by atoms with Crippen LogP contribution in [0.2, 0.25) is 0 Å². The van der Waals surface area contributed by atoms with Crippen LogP contribution in [0.25, 0.3) is 0 Å². The molecule has 154 valence electrons. The van der Waals surface area contributed by atoms with Gasteiger partial charge in [-0.1, -0.05) is 30.3 Å². The lowest BCUT2D eigenvalue weighted by molar-refractivity contribution is 0.0979. The molecule has 6 nitrogen and oxygen atoms in total. The van der Waals surface area contributed by atoms with Crippen molar-refractivity contribution < 1.29 is 17.9 Å². The summed E-state index contributed by atoms with van der Waals surface area (Å²) in [6.45, 7) is 1.74. The van der Waals surface area contributed by atoms with Crippen LogP contribution in [-0.4, -0.2) is 34.4 Å². The highest BCUT2D eigenvalue weighted by Gasteiger charge is 2.17. The molecule has 2 rings (SSSR count). The molecule has 0 heterocycles. The molecule has 0 atom stereocenters. The second kappa shape index (κ2) is 11.8. The first-order valence-corrected chi connectivity index (χ1v) is 10.4. The predicted molar refractivity (Wildman–Crippen MR) is 113 cm³/mol. The Morgan fingerprint density at radius 2 is 1.79 bits per heavy atom. The topological polar surface area (TPSA) is 98.5 Å². The first kappa shape index (κ1) is 24.1. The first-order valence-electron chi connectivity index (χ1n) is 8.90. The monoisotopic (exact) mass is 426 g/mol. The van der Waals surface area contributed by atoms with Crippen LogP contribution in [0.5, 0.6) is 5.75 Å². The summed E-state index contributed by atoms with van der Waals surface area (Å²) in [5, 5.41) is 8.55. The van der Waals surface area contributed by atoms with Gasteiger partial charge >= 0.3 is 0 Å². The van der Waals surface area contributed by atoms with E-state index in [0.717, 1.165) is 32.4 Å². The molecule has 0 aromatic heterocycles. The standard InChI is InChI=1S/C20H26N2O4S.ClH/c1-26-19-11-10-17(15-20(19)27(21,24)25)18(23)9-5-6-13-22-14-12-16-7-3-2-4-8-16;/h2-4,7-8,10-11,15,22H,5-6,9,12-14H2,1H3,(H2,21,24,25);1H. The zero-order valence-corrected chi connectivity index (χ0v) is 17.5. The number of unbranched alkanes of at least 4 members (excludes halogenated alkanes) is 1. The van der Waals surface area contributed by atoms with Crippen molar-refractivity contribution in [3.05, 3.63) is 59.7 Å². The highest BCUT2D eigenvalue weighted by atomic mass is 35.5. The number of carbonyl (C=O) groups is 1. The number of nitrogens with two attached hydrogens (primary N) is 1. The fourth-order valence-corrected chi connectivity index (χ4v) is 3.48. The molecule has 3 N–H and O–H groups in total. The van der Waals surface area contributed by atoms with Crippen molar-refractivity contribution in [1.29, 1.82) is 0 Å². The van der Waals surface area contributed by atoms with E-state index in [1.807, 2.05) is 18.2 Å². The summed E-state index contributed by atoms with van der Waals surface area (Å²) in [4.78, 5) is 12.1. The van der Waals surface area contributed by atoms with Crippen LogP contribution >= 0.6 is 12.4 Å². The minimum absolute atomic E-state index is 0. The van der Waals surface area contributed by atoms with E-state index in [-0.39, 0.29) is 28.8 Å². The second-order valence-corrected chi connectivity index (χ2v) is 7.81. The Balaban J connectivity index is 0.00000392. The number of hydrogen-bond donors (Lipinski definition) is 2. The number of hydrogen-bond acceptors (Lipinski definition) is 5. The van der Waals surface area contributed by atoms with Gasteiger partial charge in [0.05, 0.1) is 7.11 Å². The van der Waals surface area contributed by atoms with Crippen molar-refractivity contribution in [2.45, 2.75) is 30.6 Å². The number of nitrogens with one attached hydrogen (secondary N) is 1. The van der Waals surface area contributed by atoms with Gasteiger partial charge in [0.25, 0.3) is 0 Å². The van der Waals surface area contributed by atoms with Crippen molar-refractivity contribution in [1.82, 2.24) is 5.32 Å². The van der Waals surface area contributed by atoms with E-state index >= 15 is 0 Å². The molecule has 0 saturated carbocycles. The Morgan fingerprint density at radius 3 is 2.43 bits per heavy atom. The summed E-state index contributed by atoms with van der Waals surface area (Å²) in [6, 6.07) is 14.6. The zero-order chi connectivity index (χ0) is 19.7. The van der Waals surface area contributed by atoms with Gasteiger partial charge in [-0.25, -0.2) is 13.6 Å². The summed E-state index contributed by atoms with van der Waals surface area (Å²) >= 11 is 0. The number of Topliss-reactive ketones (excluding diaryl/α,β-unsaturated/α-hetero) is 1. The summed E-state index contributed by atoms with van der Waals surface area (Å²) in [5.41, 5.74) is 1.63. The highest BCUT2D eigenvalue weighted by molar-refractivity contribution is 7.89. The smallest absolute Gasteiger partial charge is 0.241 e. The molecule has 0 radical (unpaired) electrons. The first-order chi connectivity index (χ1) is 12.9. The molecule has 28 heavy (non-hydrogen) atoms. The third-order valence-electron chi connectivity index (χ3n) is 4.23. The quantitative estimate of drug-likeness (QED) is 0.425. The van der Waals surface area contributed by atoms with E-state index < -0.39 is 10.0 Å². The van der Waals surface area contributed by atoms with Gasteiger partial charge in [0.15, 0.2) is 5.78 Å². The molecule has 0 amide bonds. The Labute approximate surface area is 172 Å². The predicted octanol–water partition coefficient (Wildman–Crippen LogP) is 2.95. The largest absolute Gasteiger partial charge is 0.495 e. The van der Waals surface area contributed by atoms with E-state index in [0.29, 0.717) is 12.0 Å². The second-order valence-electron chi connectivity index (χ2n) is 6.28. The Hall–Kier alpha value is -1.93. The average Bonchev–Trinajstić information content (AvgIpc) is 2.66. The van der Waals surface area contributed by atoms with E-state index in [2.05, 4.69) is 17.4 Å². The molecule has 8 heteroatoms. The van der Waals surface area contributed by atoms with Crippen LogP contribution in [0.3, 0.4) is 0 Å². The zero-order valence-electron chi connectivity index (χ0n) is 15.9. The third kappa shape index (κ3) is 7.59. The lowest BCUT2D eigenvalue weighted by Gasteiger charge is -2.09. The molecule has 2 aromatic rings. The van der Waals surface area contributed by atoms with E-state index in [1.165, 1.54) is 24.8 Å². The molecule has 0 bridgehead atoms. The number of sulfonamides is 1. The van der Waals surface area contributed by atoms with Gasteiger partial charge in [-0.2, -0.15) is 0 Å². The van der Waals surface area contributed by atoms with Crippen LogP contribution in [0.1, 0.15) is 35.2 Å². The van der Waals surface area contributed by atoms with Gasteiger partial charge in [0.2, 0.25) is 10.0 Å². The number of methoxy groups -OCH3 is 1. The molecule has 0 fully saturated rings. The minimum atomic E-state index is -3.95. The molecule has 0 aliphatic heterocycles. The van der Waals surface area contributed by atoms with Gasteiger partial charge in [-0.15, -0.1) is 12.4 Å². The number of rotatable bonds is 11. The maximum absolute atomic E-state index is 12.3. The number of halogens is 1. The average molecular weight is 427 g/mol. The van der Waals surface area contributed by atoms with Gasteiger partial charge in [-0.3, -0.25) is 4.79 Å². The number of benzene rings is 2. The fraction of sp³-hybridized carbons (Fsp3) is 0.350. The Morgan fingerprint density at radius 1 is 1.07 bits per heavy atom. The van der Waals surface area contributed by atoms with Crippen molar-refractivity contribution >= 4 is 28.2 Å². The molecule has 0 unspecified atom stereocenters. The van der Waals surface area contributed by atoms with E-state index in [1.54, 1.807) is 6.07 Å². The molecular weight excluding hydrogens is 400 g/mol. The summed E-state index contributed by atoms with van der Waals surface area (Å²) < 4.78 is 28.3. The van der Waals surface area contributed by atoms with Gasteiger partial charge in [0, 0.05) is 12.0 Å². The lowest BCUT2D eigenvalue weighted by atomic mass is 10.1. The lowest BCUT2D eigenvalue weighted by Crippen LogP contribution is -2.18. The molecule has 0 saturated heterocycles. The Kier molecular flexibility index (Phi) is 10.2. The Bertz CT molecular complexity index is 858. The van der Waals surface area contributed by atoms with E-state index in [4.69, 9.17) is 9.88 Å². The number of primary sulfonamides is 1. The normalized spacial score (nSPS) is 10.9. The maximum Gasteiger partial charge on any atom is 0.241 e. The summed E-state index contributed by atoms with van der Waals surface area (Å²) in [6.07, 6.45) is 2.94. The number of ketones is 1. The summed E-state index contributed by atoms with van der Waals surface area (Å²) in [7, 11) is -2.59. The molecule has 0 aliphatic rings. The summed E-state index contributed by atoms with van der Waals surface area (Å²) in [5.74, 6) is 0.0310. The van der Waals surface area contributed by atoms with E-state index in [9.17, 15) is 13.2 Å². The van der Waals surface area contributed by atoms with Gasteiger partial charge in [0.1, 0.15) is 10.6 Å². The van der Waals surface area contributed by atoms with Crippen LogP contribution in [0.4, 0.5) is 0 Å². The minimum Gasteiger partial charge on any atom is -0.495 e. The van der Waals surface area contributed by atoms with Crippen LogP contribution in [0.15, 0.2) is 53.4 Å². The molecular formula is C20H27ClN2O4S. The van der Waals surface area contributed by atoms with Crippen LogP contribution < -0.4 is 15.2 Å². The fourth-order valence-electron chi connectivity index (χ4n) is 2.75. The third-order valence-corrected chi connectivity index (χ3v) is 5.16. The van der Waals surface area contributed by atoms with Crippen LogP contribution in [-0.2, 0) is 16.4 Å². The molecule has 0 aliphatic carbocycles. The number of carbonyl (C=O) groups excluding carboxylic acids is 1. The highest BCUT2D eigenvalue weighted by Crippen LogP contribution is 2.24. The number of ether oxygens (including phenoxy) is 1. The molecule has 0 spiro atoms. The SMILES string of the molecule is COc1ccc(C(=O)CCCCNCCc2ccccc2)cc1S(N)(=O)=O.Cl. The van der Waals surface area contributed by atoms with Crippen LogP contribution in [0, 0.1) is 0 Å². The van der Waals surface area contributed by atoms with Gasteiger partial charge < -0.3 is 10.1 Å².